The van der Waals surface area contributed by atoms with Crippen LogP contribution in [0.3, 0.4) is 0 Å². The predicted octanol–water partition coefficient (Wildman–Crippen LogP) is 3.47. The number of ether oxygens (including phenoxy) is 2. The van der Waals surface area contributed by atoms with Crippen LogP contribution >= 0.6 is 0 Å². The molecule has 126 valence electrons. The first-order valence-electron chi connectivity index (χ1n) is 8.21. The van der Waals surface area contributed by atoms with Crippen molar-refractivity contribution in [3.8, 4) is 11.5 Å². The SMILES string of the molecule is COc1ccc(CC(=O)N2CC(C)Cc3ccc(OC)cc32)cc1. The second kappa shape index (κ2) is 6.95. The zero-order valence-electron chi connectivity index (χ0n) is 14.4. The van der Waals surface area contributed by atoms with E-state index in [0.717, 1.165) is 35.7 Å². The molecule has 0 N–H and O–H groups in total. The number of fused-ring (bicyclic) bond motifs is 1. The number of rotatable bonds is 4. The van der Waals surface area contributed by atoms with Crippen LogP contribution < -0.4 is 14.4 Å². The van der Waals surface area contributed by atoms with Gasteiger partial charge in [0, 0.05) is 12.6 Å². The van der Waals surface area contributed by atoms with E-state index in [1.165, 1.54) is 5.56 Å². The van der Waals surface area contributed by atoms with Gasteiger partial charge in [0.1, 0.15) is 11.5 Å². The van der Waals surface area contributed by atoms with E-state index >= 15 is 0 Å². The summed E-state index contributed by atoms with van der Waals surface area (Å²) in [5.74, 6) is 2.14. The van der Waals surface area contributed by atoms with Crippen LogP contribution in [-0.4, -0.2) is 26.7 Å². The summed E-state index contributed by atoms with van der Waals surface area (Å²) in [5.41, 5.74) is 3.17. The third kappa shape index (κ3) is 3.37. The van der Waals surface area contributed by atoms with Crippen molar-refractivity contribution in [2.45, 2.75) is 19.8 Å². The summed E-state index contributed by atoms with van der Waals surface area (Å²) in [5, 5.41) is 0. The van der Waals surface area contributed by atoms with E-state index in [9.17, 15) is 4.79 Å². The lowest BCUT2D eigenvalue weighted by atomic mass is 9.93. The van der Waals surface area contributed by atoms with E-state index in [1.807, 2.05) is 41.3 Å². The molecule has 1 unspecified atom stereocenters. The van der Waals surface area contributed by atoms with Crippen LogP contribution in [0.4, 0.5) is 5.69 Å². The number of methoxy groups -OCH3 is 2. The van der Waals surface area contributed by atoms with Crippen molar-refractivity contribution in [3.63, 3.8) is 0 Å². The van der Waals surface area contributed by atoms with Crippen LogP contribution in [0.15, 0.2) is 42.5 Å². The summed E-state index contributed by atoms with van der Waals surface area (Å²) in [4.78, 5) is 14.8. The average molecular weight is 325 g/mol. The predicted molar refractivity (Wildman–Crippen MR) is 94.9 cm³/mol. The number of nitrogens with zero attached hydrogens (tertiary/aromatic N) is 1. The highest BCUT2D eigenvalue weighted by atomic mass is 16.5. The van der Waals surface area contributed by atoms with Gasteiger partial charge in [-0.2, -0.15) is 0 Å². The van der Waals surface area contributed by atoms with Gasteiger partial charge in [0.2, 0.25) is 5.91 Å². The van der Waals surface area contributed by atoms with Gasteiger partial charge in [0.25, 0.3) is 0 Å². The van der Waals surface area contributed by atoms with Crippen LogP contribution in [-0.2, 0) is 17.6 Å². The fraction of sp³-hybridized carbons (Fsp3) is 0.350. The zero-order valence-corrected chi connectivity index (χ0v) is 14.4. The van der Waals surface area contributed by atoms with Gasteiger partial charge in [-0.05, 0) is 41.7 Å². The molecule has 2 aromatic rings. The lowest BCUT2D eigenvalue weighted by molar-refractivity contribution is -0.118. The molecule has 2 aromatic carbocycles. The summed E-state index contributed by atoms with van der Waals surface area (Å²) < 4.78 is 10.5. The summed E-state index contributed by atoms with van der Waals surface area (Å²) in [6.07, 6.45) is 1.37. The first-order chi connectivity index (χ1) is 11.6. The Morgan fingerprint density at radius 2 is 1.75 bits per heavy atom. The number of hydrogen-bond acceptors (Lipinski definition) is 3. The Morgan fingerprint density at radius 1 is 1.08 bits per heavy atom. The maximum absolute atomic E-state index is 12.9. The molecule has 1 aliphatic heterocycles. The Labute approximate surface area is 143 Å². The van der Waals surface area contributed by atoms with Crippen LogP contribution in [0.2, 0.25) is 0 Å². The summed E-state index contributed by atoms with van der Waals surface area (Å²) in [6.45, 7) is 2.93. The molecule has 24 heavy (non-hydrogen) atoms. The number of hydrogen-bond donors (Lipinski definition) is 0. The van der Waals surface area contributed by atoms with Crippen LogP contribution in [0, 0.1) is 5.92 Å². The Morgan fingerprint density at radius 3 is 2.42 bits per heavy atom. The third-order valence-electron chi connectivity index (χ3n) is 4.46. The van der Waals surface area contributed by atoms with E-state index in [-0.39, 0.29) is 5.91 Å². The van der Waals surface area contributed by atoms with Gasteiger partial charge in [-0.25, -0.2) is 0 Å². The number of amides is 1. The van der Waals surface area contributed by atoms with E-state index in [4.69, 9.17) is 9.47 Å². The largest absolute Gasteiger partial charge is 0.497 e. The molecule has 4 heteroatoms. The summed E-state index contributed by atoms with van der Waals surface area (Å²) in [6, 6.07) is 13.7. The van der Waals surface area contributed by atoms with Crippen molar-refractivity contribution in [2.75, 3.05) is 25.7 Å². The Balaban J connectivity index is 1.84. The lowest BCUT2D eigenvalue weighted by Gasteiger charge is -2.33. The summed E-state index contributed by atoms with van der Waals surface area (Å²) in [7, 11) is 3.29. The smallest absolute Gasteiger partial charge is 0.231 e. The van der Waals surface area contributed by atoms with Gasteiger partial charge < -0.3 is 14.4 Å². The molecule has 0 aliphatic carbocycles. The zero-order chi connectivity index (χ0) is 17.1. The topological polar surface area (TPSA) is 38.8 Å². The Hall–Kier alpha value is -2.49. The maximum atomic E-state index is 12.9. The van der Waals surface area contributed by atoms with Gasteiger partial charge in [-0.15, -0.1) is 0 Å². The normalized spacial score (nSPS) is 16.5. The number of anilines is 1. The second-order valence-corrected chi connectivity index (χ2v) is 6.33. The second-order valence-electron chi connectivity index (χ2n) is 6.33. The Kier molecular flexibility index (Phi) is 4.74. The highest BCUT2D eigenvalue weighted by Gasteiger charge is 2.26. The minimum Gasteiger partial charge on any atom is -0.497 e. The van der Waals surface area contributed by atoms with Gasteiger partial charge in [0.15, 0.2) is 0 Å². The number of carbonyl (C=O) groups is 1. The minimum atomic E-state index is 0.112. The monoisotopic (exact) mass is 325 g/mol. The molecule has 0 bridgehead atoms. The Bertz CT molecular complexity index is 724. The average Bonchev–Trinajstić information content (AvgIpc) is 2.61. The molecule has 0 radical (unpaired) electrons. The molecule has 1 heterocycles. The third-order valence-corrected chi connectivity index (χ3v) is 4.46. The van der Waals surface area contributed by atoms with Gasteiger partial charge in [-0.1, -0.05) is 25.1 Å². The molecular weight excluding hydrogens is 302 g/mol. The maximum Gasteiger partial charge on any atom is 0.231 e. The van der Waals surface area contributed by atoms with Crippen molar-refractivity contribution in [3.05, 3.63) is 53.6 Å². The molecule has 1 amide bonds. The van der Waals surface area contributed by atoms with Crippen molar-refractivity contribution < 1.29 is 14.3 Å². The minimum absolute atomic E-state index is 0.112. The summed E-state index contributed by atoms with van der Waals surface area (Å²) >= 11 is 0. The first-order valence-corrected chi connectivity index (χ1v) is 8.21. The molecule has 0 spiro atoms. The fourth-order valence-electron chi connectivity index (χ4n) is 3.19. The standard InChI is InChI=1S/C20H23NO3/c1-14-10-16-6-9-18(24-3)12-19(16)21(13-14)20(22)11-15-4-7-17(23-2)8-5-15/h4-9,12,14H,10-11,13H2,1-3H3. The quantitative estimate of drug-likeness (QED) is 0.864. The van der Waals surface area contributed by atoms with E-state index in [2.05, 4.69) is 13.0 Å². The molecule has 0 fully saturated rings. The number of benzene rings is 2. The lowest BCUT2D eigenvalue weighted by Crippen LogP contribution is -2.40. The van der Waals surface area contributed by atoms with E-state index < -0.39 is 0 Å². The molecule has 1 aliphatic rings. The molecule has 4 nitrogen and oxygen atoms in total. The van der Waals surface area contributed by atoms with Crippen LogP contribution in [0.1, 0.15) is 18.1 Å². The van der Waals surface area contributed by atoms with Gasteiger partial charge in [0.05, 0.1) is 26.3 Å². The van der Waals surface area contributed by atoms with E-state index in [0.29, 0.717) is 12.3 Å². The fourth-order valence-corrected chi connectivity index (χ4v) is 3.19. The van der Waals surface area contributed by atoms with Gasteiger partial charge in [-0.3, -0.25) is 4.79 Å². The van der Waals surface area contributed by atoms with E-state index in [1.54, 1.807) is 14.2 Å². The van der Waals surface area contributed by atoms with Crippen molar-refractivity contribution >= 4 is 11.6 Å². The molecule has 3 rings (SSSR count). The van der Waals surface area contributed by atoms with Crippen molar-refractivity contribution in [1.29, 1.82) is 0 Å². The molecule has 1 atom stereocenters. The van der Waals surface area contributed by atoms with Crippen molar-refractivity contribution in [2.24, 2.45) is 5.92 Å². The number of carbonyl (C=O) groups excluding carboxylic acids is 1. The van der Waals surface area contributed by atoms with Crippen molar-refractivity contribution in [1.82, 2.24) is 0 Å². The molecule has 0 aromatic heterocycles. The van der Waals surface area contributed by atoms with Crippen LogP contribution in [0.5, 0.6) is 11.5 Å². The van der Waals surface area contributed by atoms with Crippen LogP contribution in [0.25, 0.3) is 0 Å². The first kappa shape index (κ1) is 16.4. The highest BCUT2D eigenvalue weighted by Crippen LogP contribution is 2.33. The molecule has 0 saturated carbocycles. The highest BCUT2D eigenvalue weighted by molar-refractivity contribution is 5.96. The molecular formula is C20H23NO3. The molecule has 0 saturated heterocycles. The van der Waals surface area contributed by atoms with Gasteiger partial charge >= 0.3 is 0 Å².